The van der Waals surface area contributed by atoms with Gasteiger partial charge in [-0.1, -0.05) is 70.5 Å². The molecule has 0 radical (unpaired) electrons. The highest BCUT2D eigenvalue weighted by atomic mass is 79.9. The van der Waals surface area contributed by atoms with Gasteiger partial charge in [0, 0.05) is 16.6 Å². The maximum atomic E-state index is 14.0. The lowest BCUT2D eigenvalue weighted by Gasteiger charge is -2.25. The van der Waals surface area contributed by atoms with E-state index in [2.05, 4.69) is 15.9 Å². The molecule has 4 rings (SSSR count). The Morgan fingerprint density at radius 3 is 2.33 bits per heavy atom. The van der Waals surface area contributed by atoms with Gasteiger partial charge in [0.1, 0.15) is 11.6 Å². The minimum Gasteiger partial charge on any atom is -0.507 e. The molecule has 1 fully saturated rings. The number of aliphatic hydroxyl groups excluding tert-OH is 1. The number of carbonyl (C=O) groups excluding carboxylic acids is 2. The Morgan fingerprint density at radius 1 is 0.967 bits per heavy atom. The van der Waals surface area contributed by atoms with Gasteiger partial charge in [0.25, 0.3) is 11.7 Å². The van der Waals surface area contributed by atoms with Crippen molar-refractivity contribution in [2.75, 3.05) is 0 Å². The number of carbonyl (C=O) groups is 2. The van der Waals surface area contributed by atoms with Crippen LogP contribution >= 0.6 is 15.9 Å². The van der Waals surface area contributed by atoms with Gasteiger partial charge < -0.3 is 10.0 Å². The number of hydrogen-bond acceptors (Lipinski definition) is 3. The maximum Gasteiger partial charge on any atom is 0.295 e. The molecule has 0 bridgehead atoms. The monoisotopic (exact) mass is 465 g/mol. The van der Waals surface area contributed by atoms with E-state index in [0.717, 1.165) is 10.0 Å². The number of benzene rings is 3. The first-order valence-corrected chi connectivity index (χ1v) is 10.1. The molecule has 0 spiro atoms. The fourth-order valence-electron chi connectivity index (χ4n) is 3.61. The molecular formula is C24H17BrFNO3. The standard InChI is InChI=1S/C24H17BrFNO3/c25-18-11-9-16(10-12-18)22(28)20-21(17-7-4-8-19(26)13-17)27(24(30)23(20)29)14-15-5-2-1-3-6-15/h1-13,21,28H,14H2/b22-20+. The molecule has 1 aliphatic rings. The predicted molar refractivity (Wildman–Crippen MR) is 115 cm³/mol. The Balaban J connectivity index is 1.87. The van der Waals surface area contributed by atoms with Crippen molar-refractivity contribution in [3.8, 4) is 0 Å². The molecule has 0 aromatic heterocycles. The van der Waals surface area contributed by atoms with Gasteiger partial charge in [0.2, 0.25) is 0 Å². The third kappa shape index (κ3) is 3.78. The number of halogens is 2. The Bertz CT molecular complexity index is 1140. The highest BCUT2D eigenvalue weighted by Crippen LogP contribution is 2.40. The van der Waals surface area contributed by atoms with Crippen LogP contribution in [0, 0.1) is 5.82 Å². The number of Topliss-reactive ketones (excluding diaryl/α,β-unsaturated/α-hetero) is 1. The minimum atomic E-state index is -0.899. The van der Waals surface area contributed by atoms with Crippen molar-refractivity contribution in [2.45, 2.75) is 12.6 Å². The zero-order valence-corrected chi connectivity index (χ0v) is 17.3. The normalized spacial score (nSPS) is 18.1. The van der Waals surface area contributed by atoms with Crippen molar-refractivity contribution < 1.29 is 19.1 Å². The quantitative estimate of drug-likeness (QED) is 0.326. The van der Waals surface area contributed by atoms with Crippen molar-refractivity contribution in [2.24, 2.45) is 0 Å². The second-order valence-electron chi connectivity index (χ2n) is 6.97. The summed E-state index contributed by atoms with van der Waals surface area (Å²) in [5, 5.41) is 11.0. The molecule has 1 amide bonds. The number of rotatable bonds is 4. The van der Waals surface area contributed by atoms with Crippen LogP contribution in [-0.2, 0) is 16.1 Å². The molecule has 1 unspecified atom stereocenters. The van der Waals surface area contributed by atoms with E-state index in [9.17, 15) is 19.1 Å². The summed E-state index contributed by atoms with van der Waals surface area (Å²) in [7, 11) is 0. The maximum absolute atomic E-state index is 14.0. The lowest BCUT2D eigenvalue weighted by molar-refractivity contribution is -0.140. The first kappa shape index (κ1) is 20.0. The molecule has 1 N–H and O–H groups in total. The number of likely N-dealkylation sites (tertiary alicyclic amines) is 1. The number of aliphatic hydroxyl groups is 1. The Morgan fingerprint density at radius 2 is 1.67 bits per heavy atom. The molecule has 1 heterocycles. The van der Waals surface area contributed by atoms with E-state index in [-0.39, 0.29) is 17.9 Å². The fourth-order valence-corrected chi connectivity index (χ4v) is 3.87. The van der Waals surface area contributed by atoms with Gasteiger partial charge in [-0.25, -0.2) is 4.39 Å². The van der Waals surface area contributed by atoms with Crippen LogP contribution in [0.1, 0.15) is 22.7 Å². The molecular weight excluding hydrogens is 449 g/mol. The van der Waals surface area contributed by atoms with Crippen LogP contribution in [0.3, 0.4) is 0 Å². The van der Waals surface area contributed by atoms with Crippen LogP contribution in [0.25, 0.3) is 5.76 Å². The van der Waals surface area contributed by atoms with Crippen molar-refractivity contribution in [1.29, 1.82) is 0 Å². The van der Waals surface area contributed by atoms with E-state index in [1.165, 1.54) is 23.1 Å². The number of nitrogens with zero attached hydrogens (tertiary/aromatic N) is 1. The second kappa shape index (κ2) is 8.24. The molecule has 1 saturated heterocycles. The molecule has 3 aromatic carbocycles. The first-order valence-electron chi connectivity index (χ1n) is 9.29. The van der Waals surface area contributed by atoms with E-state index in [1.807, 2.05) is 30.3 Å². The molecule has 0 saturated carbocycles. The summed E-state index contributed by atoms with van der Waals surface area (Å²) in [6.45, 7) is 0.156. The Hall–Kier alpha value is -3.25. The molecule has 30 heavy (non-hydrogen) atoms. The summed E-state index contributed by atoms with van der Waals surface area (Å²) in [4.78, 5) is 27.2. The highest BCUT2D eigenvalue weighted by Gasteiger charge is 2.46. The predicted octanol–water partition coefficient (Wildman–Crippen LogP) is 5.21. The zero-order chi connectivity index (χ0) is 21.3. The van der Waals surface area contributed by atoms with Crippen molar-refractivity contribution in [1.82, 2.24) is 4.90 Å². The Labute approximate surface area is 181 Å². The van der Waals surface area contributed by atoms with Gasteiger partial charge in [0.05, 0.1) is 11.6 Å². The summed E-state index contributed by atoms with van der Waals surface area (Å²) in [6.07, 6.45) is 0. The first-order chi connectivity index (χ1) is 14.5. The topological polar surface area (TPSA) is 57.6 Å². The van der Waals surface area contributed by atoms with Gasteiger partial charge in [-0.2, -0.15) is 0 Å². The van der Waals surface area contributed by atoms with Crippen molar-refractivity contribution in [3.05, 3.63) is 111 Å². The van der Waals surface area contributed by atoms with Gasteiger partial charge in [-0.05, 0) is 35.4 Å². The van der Waals surface area contributed by atoms with E-state index in [0.29, 0.717) is 11.1 Å². The van der Waals surface area contributed by atoms with Crippen LogP contribution in [0.4, 0.5) is 4.39 Å². The molecule has 4 nitrogen and oxygen atoms in total. The smallest absolute Gasteiger partial charge is 0.295 e. The summed E-state index contributed by atoms with van der Waals surface area (Å²) < 4.78 is 14.8. The van der Waals surface area contributed by atoms with Crippen LogP contribution < -0.4 is 0 Å². The average Bonchev–Trinajstić information content (AvgIpc) is 2.99. The van der Waals surface area contributed by atoms with Crippen LogP contribution in [-0.4, -0.2) is 21.7 Å². The van der Waals surface area contributed by atoms with Gasteiger partial charge in [-0.3, -0.25) is 9.59 Å². The summed E-state index contributed by atoms with van der Waals surface area (Å²) in [5.41, 5.74) is 1.59. The van der Waals surface area contributed by atoms with E-state index in [1.54, 1.807) is 30.3 Å². The van der Waals surface area contributed by atoms with E-state index >= 15 is 0 Å². The summed E-state index contributed by atoms with van der Waals surface area (Å²) in [6, 6.07) is 20.8. The number of hydrogen-bond donors (Lipinski definition) is 1. The van der Waals surface area contributed by atoms with Crippen LogP contribution in [0.15, 0.2) is 88.9 Å². The fraction of sp³-hybridized carbons (Fsp3) is 0.0833. The summed E-state index contributed by atoms with van der Waals surface area (Å²) >= 11 is 3.33. The number of ketones is 1. The van der Waals surface area contributed by atoms with Crippen molar-refractivity contribution >= 4 is 33.4 Å². The minimum absolute atomic E-state index is 0.0520. The highest BCUT2D eigenvalue weighted by molar-refractivity contribution is 9.10. The second-order valence-corrected chi connectivity index (χ2v) is 7.89. The average molecular weight is 466 g/mol. The molecule has 3 aromatic rings. The lowest BCUT2D eigenvalue weighted by Crippen LogP contribution is -2.29. The van der Waals surface area contributed by atoms with E-state index < -0.39 is 23.5 Å². The van der Waals surface area contributed by atoms with Crippen LogP contribution in [0.2, 0.25) is 0 Å². The molecule has 1 atom stereocenters. The lowest BCUT2D eigenvalue weighted by atomic mass is 9.95. The largest absolute Gasteiger partial charge is 0.507 e. The number of amides is 1. The van der Waals surface area contributed by atoms with Crippen LogP contribution in [0.5, 0.6) is 0 Å². The SMILES string of the molecule is O=C1C(=O)N(Cc2ccccc2)C(c2cccc(F)c2)/C1=C(\O)c1ccc(Br)cc1. The zero-order valence-electron chi connectivity index (χ0n) is 15.8. The van der Waals surface area contributed by atoms with Gasteiger partial charge >= 0.3 is 0 Å². The third-order valence-electron chi connectivity index (χ3n) is 5.02. The van der Waals surface area contributed by atoms with Crippen molar-refractivity contribution in [3.63, 3.8) is 0 Å². The summed E-state index contributed by atoms with van der Waals surface area (Å²) in [5.74, 6) is -2.29. The molecule has 0 aliphatic carbocycles. The van der Waals surface area contributed by atoms with Gasteiger partial charge in [-0.15, -0.1) is 0 Å². The van der Waals surface area contributed by atoms with E-state index in [4.69, 9.17) is 0 Å². The Kier molecular flexibility index (Phi) is 5.50. The third-order valence-corrected chi connectivity index (χ3v) is 5.55. The molecule has 1 aliphatic heterocycles. The van der Waals surface area contributed by atoms with Gasteiger partial charge in [0.15, 0.2) is 0 Å². The molecule has 150 valence electrons. The molecule has 6 heteroatoms.